The predicted molar refractivity (Wildman–Crippen MR) is 62.8 cm³/mol. The summed E-state index contributed by atoms with van der Waals surface area (Å²) in [5.74, 6) is -0.119. The normalized spacial score (nSPS) is 10.5. The van der Waals surface area contributed by atoms with Gasteiger partial charge in [-0.25, -0.2) is 0 Å². The Labute approximate surface area is 101 Å². The number of aliphatic hydroxyl groups excluding tert-OH is 1. The molecular weight excluding hydrogens is 222 g/mol. The van der Waals surface area contributed by atoms with Gasteiger partial charge in [-0.15, -0.1) is 0 Å². The topological polar surface area (TPSA) is 76.4 Å². The van der Waals surface area contributed by atoms with Crippen molar-refractivity contribution >= 4 is 5.91 Å². The molecule has 2 N–H and O–H groups in total. The highest BCUT2D eigenvalue weighted by Gasteiger charge is 2.06. The first-order valence-electron chi connectivity index (χ1n) is 5.77. The fourth-order valence-electron chi connectivity index (χ4n) is 1.30. The molecule has 0 bridgehead atoms. The Hall–Kier alpha value is -1.40. The van der Waals surface area contributed by atoms with Gasteiger partial charge < -0.3 is 15.2 Å². The zero-order valence-corrected chi connectivity index (χ0v) is 10.1. The van der Waals surface area contributed by atoms with Crippen LogP contribution in [0.5, 0.6) is 0 Å². The molecule has 0 fully saturated rings. The van der Waals surface area contributed by atoms with Gasteiger partial charge in [-0.2, -0.15) is 5.10 Å². The molecule has 0 radical (unpaired) electrons. The molecule has 0 saturated heterocycles. The Morgan fingerprint density at radius 3 is 3.06 bits per heavy atom. The van der Waals surface area contributed by atoms with Crippen LogP contribution in [0.2, 0.25) is 0 Å². The van der Waals surface area contributed by atoms with Crippen LogP contribution in [0.15, 0.2) is 12.4 Å². The maximum Gasteiger partial charge on any atom is 0.254 e. The van der Waals surface area contributed by atoms with Crippen LogP contribution < -0.4 is 5.32 Å². The van der Waals surface area contributed by atoms with Gasteiger partial charge in [0.25, 0.3) is 5.91 Å². The summed E-state index contributed by atoms with van der Waals surface area (Å²) in [6, 6.07) is 0. The number of nitrogens with one attached hydrogen (secondary N) is 1. The minimum atomic E-state index is -0.119. The third-order valence-electron chi connectivity index (χ3n) is 2.21. The van der Waals surface area contributed by atoms with Crippen LogP contribution in [0.25, 0.3) is 0 Å². The highest BCUT2D eigenvalue weighted by Crippen LogP contribution is 1.97. The quantitative estimate of drug-likeness (QED) is 0.630. The maximum absolute atomic E-state index is 11.6. The number of aromatic nitrogens is 2. The molecule has 0 aliphatic heterocycles. The summed E-state index contributed by atoms with van der Waals surface area (Å²) in [4.78, 5) is 11.6. The lowest BCUT2D eigenvalue weighted by atomic mass is 10.3. The van der Waals surface area contributed by atoms with Crippen molar-refractivity contribution in [3.8, 4) is 0 Å². The first-order valence-corrected chi connectivity index (χ1v) is 5.77. The molecule has 17 heavy (non-hydrogen) atoms. The van der Waals surface area contributed by atoms with Crippen molar-refractivity contribution in [1.29, 1.82) is 0 Å². The third kappa shape index (κ3) is 4.97. The molecule has 6 heteroatoms. The lowest BCUT2D eigenvalue weighted by molar-refractivity contribution is 0.0867. The van der Waals surface area contributed by atoms with E-state index in [1.807, 2.05) is 6.92 Å². The zero-order chi connectivity index (χ0) is 12.5. The van der Waals surface area contributed by atoms with E-state index in [4.69, 9.17) is 9.84 Å². The number of aliphatic hydroxyl groups is 1. The van der Waals surface area contributed by atoms with E-state index < -0.39 is 0 Å². The Morgan fingerprint density at radius 1 is 1.59 bits per heavy atom. The molecule has 0 saturated carbocycles. The lowest BCUT2D eigenvalue weighted by Gasteiger charge is -2.04. The summed E-state index contributed by atoms with van der Waals surface area (Å²) >= 11 is 0. The molecule has 0 aromatic carbocycles. The number of hydrogen-bond acceptors (Lipinski definition) is 4. The molecule has 96 valence electrons. The number of ether oxygens (including phenoxy) is 1. The predicted octanol–water partition coefficient (Wildman–Crippen LogP) is 0.0318. The summed E-state index contributed by atoms with van der Waals surface area (Å²) in [7, 11) is 0. The lowest BCUT2D eigenvalue weighted by Crippen LogP contribution is -2.25. The molecule has 1 aromatic rings. The SMILES string of the molecule is CCn1cc(C(=O)NCCCOCCO)cn1. The highest BCUT2D eigenvalue weighted by molar-refractivity contribution is 5.93. The largest absolute Gasteiger partial charge is 0.394 e. The van der Waals surface area contributed by atoms with Crippen LogP contribution in [-0.4, -0.2) is 47.2 Å². The van der Waals surface area contributed by atoms with Crippen molar-refractivity contribution in [2.24, 2.45) is 0 Å². The molecule has 0 aliphatic rings. The summed E-state index contributed by atoms with van der Waals surface area (Å²) in [5.41, 5.74) is 0.572. The highest BCUT2D eigenvalue weighted by atomic mass is 16.5. The van der Waals surface area contributed by atoms with Crippen molar-refractivity contribution in [2.75, 3.05) is 26.4 Å². The Bertz CT molecular complexity index is 338. The number of rotatable bonds is 8. The van der Waals surface area contributed by atoms with Crippen molar-refractivity contribution in [2.45, 2.75) is 19.9 Å². The molecule has 0 spiro atoms. The smallest absolute Gasteiger partial charge is 0.254 e. The number of carbonyl (C=O) groups excluding carboxylic acids is 1. The summed E-state index contributed by atoms with van der Waals surface area (Å²) in [5, 5.41) is 15.3. The van der Waals surface area contributed by atoms with E-state index in [0.29, 0.717) is 25.3 Å². The zero-order valence-electron chi connectivity index (χ0n) is 10.1. The van der Waals surface area contributed by atoms with Gasteiger partial charge in [0, 0.05) is 25.9 Å². The molecule has 0 atom stereocenters. The molecule has 0 unspecified atom stereocenters. The van der Waals surface area contributed by atoms with Gasteiger partial charge in [0.1, 0.15) is 0 Å². The van der Waals surface area contributed by atoms with Crippen LogP contribution in [0, 0.1) is 0 Å². The maximum atomic E-state index is 11.6. The summed E-state index contributed by atoms with van der Waals surface area (Å²) in [6.45, 7) is 4.19. The van der Waals surface area contributed by atoms with Crippen LogP contribution in [0.3, 0.4) is 0 Å². The molecule has 6 nitrogen and oxygen atoms in total. The van der Waals surface area contributed by atoms with Gasteiger partial charge in [0.05, 0.1) is 25.0 Å². The monoisotopic (exact) mass is 241 g/mol. The molecule has 1 rings (SSSR count). The van der Waals surface area contributed by atoms with Crippen LogP contribution >= 0.6 is 0 Å². The molecule has 1 heterocycles. The van der Waals surface area contributed by atoms with E-state index in [9.17, 15) is 4.79 Å². The van der Waals surface area contributed by atoms with Crippen LogP contribution in [-0.2, 0) is 11.3 Å². The number of hydrogen-bond donors (Lipinski definition) is 2. The van der Waals surface area contributed by atoms with E-state index in [2.05, 4.69) is 10.4 Å². The van der Waals surface area contributed by atoms with Gasteiger partial charge in [-0.05, 0) is 13.3 Å². The standard InChI is InChI=1S/C11H19N3O3/c1-2-14-9-10(8-13-14)11(16)12-4-3-6-17-7-5-15/h8-9,15H,2-7H2,1H3,(H,12,16). The number of nitrogens with zero attached hydrogens (tertiary/aromatic N) is 2. The van der Waals surface area contributed by atoms with Gasteiger partial charge >= 0.3 is 0 Å². The number of amides is 1. The second-order valence-corrected chi connectivity index (χ2v) is 3.53. The Kier molecular flexibility index (Phi) is 6.27. The molecule has 1 aromatic heterocycles. The summed E-state index contributed by atoms with van der Waals surface area (Å²) < 4.78 is 6.78. The fraction of sp³-hybridized carbons (Fsp3) is 0.636. The second-order valence-electron chi connectivity index (χ2n) is 3.53. The van der Waals surface area contributed by atoms with E-state index in [-0.39, 0.29) is 12.5 Å². The Morgan fingerprint density at radius 2 is 2.41 bits per heavy atom. The van der Waals surface area contributed by atoms with Gasteiger partial charge in [0.2, 0.25) is 0 Å². The minimum Gasteiger partial charge on any atom is -0.394 e. The average molecular weight is 241 g/mol. The fourth-order valence-corrected chi connectivity index (χ4v) is 1.30. The Balaban J connectivity index is 2.16. The van der Waals surface area contributed by atoms with Crippen molar-refractivity contribution in [3.63, 3.8) is 0 Å². The van der Waals surface area contributed by atoms with Gasteiger partial charge in [-0.3, -0.25) is 9.48 Å². The van der Waals surface area contributed by atoms with Gasteiger partial charge in [0.15, 0.2) is 0 Å². The van der Waals surface area contributed by atoms with Crippen LogP contribution in [0.1, 0.15) is 23.7 Å². The van der Waals surface area contributed by atoms with Crippen molar-refractivity contribution in [1.82, 2.24) is 15.1 Å². The van der Waals surface area contributed by atoms with E-state index in [0.717, 1.165) is 13.0 Å². The third-order valence-corrected chi connectivity index (χ3v) is 2.21. The van der Waals surface area contributed by atoms with E-state index in [1.165, 1.54) is 0 Å². The van der Waals surface area contributed by atoms with E-state index in [1.54, 1.807) is 17.1 Å². The van der Waals surface area contributed by atoms with E-state index >= 15 is 0 Å². The number of aryl methyl sites for hydroxylation is 1. The first kappa shape index (κ1) is 13.7. The van der Waals surface area contributed by atoms with Gasteiger partial charge in [-0.1, -0.05) is 0 Å². The number of carbonyl (C=O) groups is 1. The van der Waals surface area contributed by atoms with Crippen molar-refractivity contribution in [3.05, 3.63) is 18.0 Å². The molecular formula is C11H19N3O3. The summed E-state index contributed by atoms with van der Waals surface area (Å²) in [6.07, 6.45) is 4.01. The first-order chi connectivity index (χ1) is 8.27. The molecule has 0 aliphatic carbocycles. The minimum absolute atomic E-state index is 0.0303. The van der Waals surface area contributed by atoms with Crippen molar-refractivity contribution < 1.29 is 14.6 Å². The molecule has 1 amide bonds. The second kappa shape index (κ2) is 7.81. The average Bonchev–Trinajstić information content (AvgIpc) is 2.82. The van der Waals surface area contributed by atoms with Crippen LogP contribution in [0.4, 0.5) is 0 Å².